The van der Waals surface area contributed by atoms with Gasteiger partial charge in [0.05, 0.1) is 13.7 Å². The minimum atomic E-state index is -0.571. The molecule has 0 amide bonds. The Morgan fingerprint density at radius 1 is 0.662 bits per heavy atom. The van der Waals surface area contributed by atoms with Crippen molar-refractivity contribution in [3.8, 4) is 39.6 Å². The first-order valence-corrected chi connectivity index (χ1v) is 20.8. The first kappa shape index (κ1) is 30.6. The second-order valence-electron chi connectivity index (χ2n) is 16.5. The van der Waals surface area contributed by atoms with Crippen LogP contribution in [0, 0.1) is 18.8 Å². The van der Waals surface area contributed by atoms with E-state index in [1.165, 1.54) is 0 Å². The van der Waals surface area contributed by atoms with Crippen LogP contribution < -0.4 is 14.5 Å². The zero-order chi connectivity index (χ0) is 51.6. The van der Waals surface area contributed by atoms with Crippen molar-refractivity contribution in [1.29, 1.82) is 0 Å². The van der Waals surface area contributed by atoms with Crippen LogP contribution in [-0.4, -0.2) is 9.55 Å². The molecule has 4 heterocycles. The maximum absolute atomic E-state index is 9.07. The molecule has 8 aromatic carbocycles. The van der Waals surface area contributed by atoms with Gasteiger partial charge in [0.15, 0.2) is 0 Å². The largest absolute Gasteiger partial charge is 0.508 e. The van der Waals surface area contributed by atoms with Gasteiger partial charge in [-0.25, -0.2) is 4.98 Å². The van der Waals surface area contributed by atoms with Crippen LogP contribution in [0.4, 0.5) is 22.7 Å². The average molecular weight is 1030 g/mol. The molecule has 0 saturated carbocycles. The number of furan rings is 1. The van der Waals surface area contributed by atoms with Crippen LogP contribution in [0.25, 0.3) is 71.8 Å². The molecular weight excluding hydrogens is 980 g/mol. The number of para-hydroxylation sites is 5. The summed E-state index contributed by atoms with van der Waals surface area (Å²) in [5, 5.41) is 3.37. The van der Waals surface area contributed by atoms with Crippen molar-refractivity contribution in [3.05, 3.63) is 212 Å². The van der Waals surface area contributed by atoms with Gasteiger partial charge in [-0.3, -0.25) is 0 Å². The maximum Gasteiger partial charge on any atom is 0.135 e. The molecule has 11 aromatic rings. The van der Waals surface area contributed by atoms with Crippen molar-refractivity contribution in [3.63, 3.8) is 0 Å². The number of aromatic nitrogens is 2. The SMILES string of the molecule is [2H]c1c([2H])c([2H])c(-c2cccc(-c3c([2H])c([2H])c([2H])c([2H])c3[2H])c2N2[CH-]N(c3[c-]c(Oc4[c-]c5c(c6ccccc6n5-c5cc(C(C)(C)C)ccn5)c5oc6ccccc6c45)ccc3)c3ccccc32)c([2H])c1[2H].[Pt]. The number of benzene rings is 8. The monoisotopic (exact) mass is 1030 g/mol. The molecule has 0 saturated heterocycles. The van der Waals surface area contributed by atoms with E-state index in [2.05, 4.69) is 55.7 Å². The van der Waals surface area contributed by atoms with E-state index in [0.717, 1.165) is 32.6 Å². The van der Waals surface area contributed by atoms with Crippen LogP contribution in [0.3, 0.4) is 0 Å². The molecule has 7 heteroatoms. The Kier molecular flexibility index (Phi) is 7.54. The number of ether oxygens (including phenoxy) is 1. The number of anilines is 4. The van der Waals surface area contributed by atoms with Gasteiger partial charge in [0, 0.05) is 78.0 Å². The first-order chi connectivity index (χ1) is 35.5. The Morgan fingerprint density at radius 2 is 1.31 bits per heavy atom. The van der Waals surface area contributed by atoms with Crippen molar-refractivity contribution >= 4 is 66.5 Å². The molecule has 1 aliphatic heterocycles. The summed E-state index contributed by atoms with van der Waals surface area (Å²) in [7, 11) is 0. The summed E-state index contributed by atoms with van der Waals surface area (Å²) in [5.41, 5.74) is 5.91. The second kappa shape index (κ2) is 16.0. The number of nitrogens with zero attached hydrogens (tertiary/aromatic N) is 4. The van der Waals surface area contributed by atoms with Gasteiger partial charge in [0.25, 0.3) is 0 Å². The van der Waals surface area contributed by atoms with E-state index in [1.807, 2.05) is 90.0 Å². The molecule has 1 aliphatic rings. The molecular formula is C58H41N4O2Pt-3. The summed E-state index contributed by atoms with van der Waals surface area (Å²) in [6.07, 6.45) is 1.83. The van der Waals surface area contributed by atoms with Gasteiger partial charge < -0.3 is 23.5 Å². The Balaban J connectivity index is 0.00000602. The van der Waals surface area contributed by atoms with E-state index < -0.39 is 60.4 Å². The maximum atomic E-state index is 9.07. The van der Waals surface area contributed by atoms with E-state index >= 15 is 0 Å². The zero-order valence-electron chi connectivity index (χ0n) is 45.1. The van der Waals surface area contributed by atoms with Gasteiger partial charge in [-0.05, 0) is 74.7 Å². The van der Waals surface area contributed by atoms with Gasteiger partial charge in [0.2, 0.25) is 0 Å². The average Bonchev–Trinajstić information content (AvgIpc) is 4.09. The van der Waals surface area contributed by atoms with E-state index in [-0.39, 0.29) is 54.4 Å². The molecule has 0 atom stereocenters. The molecule has 0 unspecified atom stereocenters. The van der Waals surface area contributed by atoms with E-state index in [1.54, 1.807) is 35.8 Å². The van der Waals surface area contributed by atoms with E-state index in [9.17, 15) is 0 Å². The minimum absolute atomic E-state index is 0. The third-order valence-corrected chi connectivity index (χ3v) is 11.7. The summed E-state index contributed by atoms with van der Waals surface area (Å²) in [6, 6.07) is 39.7. The smallest absolute Gasteiger partial charge is 0.135 e. The Morgan fingerprint density at radius 3 is 2.03 bits per heavy atom. The molecule has 0 fully saturated rings. The van der Waals surface area contributed by atoms with Crippen LogP contribution in [0.15, 0.2) is 192 Å². The molecule has 318 valence electrons. The minimum Gasteiger partial charge on any atom is -0.508 e. The predicted molar refractivity (Wildman–Crippen MR) is 261 cm³/mol. The fourth-order valence-electron chi connectivity index (χ4n) is 8.73. The van der Waals surface area contributed by atoms with Gasteiger partial charge in [-0.1, -0.05) is 159 Å². The molecule has 0 bridgehead atoms. The topological polar surface area (TPSA) is 46.7 Å². The fourth-order valence-corrected chi connectivity index (χ4v) is 8.73. The van der Waals surface area contributed by atoms with Gasteiger partial charge in [-0.2, -0.15) is 6.07 Å². The van der Waals surface area contributed by atoms with Crippen LogP contribution in [0.2, 0.25) is 0 Å². The molecule has 65 heavy (non-hydrogen) atoms. The second-order valence-corrected chi connectivity index (χ2v) is 16.5. The number of hydrogen-bond acceptors (Lipinski definition) is 5. The van der Waals surface area contributed by atoms with Crippen LogP contribution >= 0.6 is 0 Å². The summed E-state index contributed by atoms with van der Waals surface area (Å²) >= 11 is 0. The van der Waals surface area contributed by atoms with Gasteiger partial charge in [-0.15, -0.1) is 36.6 Å². The van der Waals surface area contributed by atoms with Crippen LogP contribution in [0.1, 0.15) is 40.0 Å². The Bertz CT molecular complexity index is 4040. The zero-order valence-corrected chi connectivity index (χ0v) is 37.4. The predicted octanol–water partition coefficient (Wildman–Crippen LogP) is 15.5. The molecule has 0 N–H and O–H groups in total. The molecule has 0 spiro atoms. The molecule has 12 rings (SSSR count). The third-order valence-electron chi connectivity index (χ3n) is 11.7. The summed E-state index contributed by atoms with van der Waals surface area (Å²) in [5.74, 6) is 1.44. The van der Waals surface area contributed by atoms with Crippen molar-refractivity contribution < 1.29 is 43.9 Å². The Labute approximate surface area is 406 Å². The van der Waals surface area contributed by atoms with Crippen molar-refractivity contribution in [2.75, 3.05) is 9.80 Å². The molecule has 0 aliphatic carbocycles. The first-order valence-electron chi connectivity index (χ1n) is 25.8. The summed E-state index contributed by atoms with van der Waals surface area (Å²) < 4.78 is 103. The summed E-state index contributed by atoms with van der Waals surface area (Å²) in [4.78, 5) is 8.48. The van der Waals surface area contributed by atoms with Gasteiger partial charge >= 0.3 is 0 Å². The van der Waals surface area contributed by atoms with Crippen LogP contribution in [-0.2, 0) is 26.5 Å². The molecule has 0 radical (unpaired) electrons. The van der Waals surface area contributed by atoms with Crippen LogP contribution in [0.5, 0.6) is 11.5 Å². The van der Waals surface area contributed by atoms with Crippen molar-refractivity contribution in [2.45, 2.75) is 26.2 Å². The number of hydrogen-bond donors (Lipinski definition) is 0. The molecule has 3 aromatic heterocycles. The molecule has 6 nitrogen and oxygen atoms in total. The third kappa shape index (κ3) is 6.79. The standard InChI is InChI=1S/C58H41N4O2.Pt/c1-58(2,3)40-32-33-59-53(34-40)62-47-28-12-10-24-45(47)54-50(62)36-52(55-46-25-11-15-31-51(46)64-57(54)55)63-42-23-16-22-41(35-42)60-37-61(49-30-14-13-29-48(49)60)56-43(38-18-6-4-7-19-38)26-17-27-44(56)39-20-8-5-9-21-39;/h4-34,37H,1-3H3;/q-3;/i4D,5D,6D,7D,8D,9D,18D,19D,20D,21D;. The fraction of sp³-hybridized carbons (Fsp3) is 0.0690. The quantitative estimate of drug-likeness (QED) is 0.149. The number of rotatable bonds is 7. The Hall–Kier alpha value is -7.40. The van der Waals surface area contributed by atoms with Crippen molar-refractivity contribution in [1.82, 2.24) is 9.55 Å². The number of pyridine rings is 1. The van der Waals surface area contributed by atoms with Gasteiger partial charge in [0.1, 0.15) is 11.4 Å². The van der Waals surface area contributed by atoms with E-state index in [0.29, 0.717) is 51.1 Å². The van der Waals surface area contributed by atoms with E-state index in [4.69, 9.17) is 27.8 Å². The number of fused-ring (bicyclic) bond motifs is 8. The summed E-state index contributed by atoms with van der Waals surface area (Å²) in [6.45, 7) is 8.24. The normalized spacial score (nSPS) is 14.8. The van der Waals surface area contributed by atoms with Crippen molar-refractivity contribution in [2.24, 2.45) is 0 Å².